The van der Waals surface area contributed by atoms with Gasteiger partial charge in [0.15, 0.2) is 8.32 Å². The maximum absolute atomic E-state index is 12.5. The summed E-state index contributed by atoms with van der Waals surface area (Å²) in [6.45, 7) is 8.42. The minimum atomic E-state index is -4.26. The SMILES string of the molecule is CC(C)[Si](O)(CCCCCc1ccc(C(F)(F)F)cc1)C(C)C. The molecule has 1 aromatic rings. The predicted octanol–water partition coefficient (Wildman–Crippen LogP) is 6.18. The second-order valence-corrected chi connectivity index (χ2v) is 11.8. The molecule has 23 heavy (non-hydrogen) atoms. The Morgan fingerprint density at radius 2 is 1.43 bits per heavy atom. The van der Waals surface area contributed by atoms with E-state index < -0.39 is 20.1 Å². The molecule has 1 aromatic carbocycles. The fourth-order valence-corrected chi connectivity index (χ4v) is 6.32. The van der Waals surface area contributed by atoms with Crippen LogP contribution in [-0.4, -0.2) is 13.1 Å². The van der Waals surface area contributed by atoms with Crippen molar-refractivity contribution in [2.75, 3.05) is 0 Å². The lowest BCUT2D eigenvalue weighted by atomic mass is 10.1. The number of halogens is 3. The van der Waals surface area contributed by atoms with Crippen molar-refractivity contribution in [1.82, 2.24) is 0 Å². The summed E-state index contributed by atoms with van der Waals surface area (Å²) in [4.78, 5) is 10.8. The number of unbranched alkanes of at least 4 members (excludes halogenated alkanes) is 2. The number of hydrogen-bond donors (Lipinski definition) is 1. The Morgan fingerprint density at radius 3 is 1.87 bits per heavy atom. The fourth-order valence-electron chi connectivity index (χ4n) is 3.02. The number of aryl methyl sites for hydroxylation is 1. The van der Waals surface area contributed by atoms with Crippen LogP contribution in [0.1, 0.15) is 58.1 Å². The fraction of sp³-hybridized carbons (Fsp3) is 0.667. The van der Waals surface area contributed by atoms with Crippen LogP contribution in [0.2, 0.25) is 17.1 Å². The van der Waals surface area contributed by atoms with Gasteiger partial charge in [-0.2, -0.15) is 13.2 Å². The molecule has 1 N–H and O–H groups in total. The molecule has 0 aliphatic rings. The van der Waals surface area contributed by atoms with Gasteiger partial charge in [0, 0.05) is 0 Å². The zero-order valence-electron chi connectivity index (χ0n) is 14.6. The van der Waals surface area contributed by atoms with Crippen molar-refractivity contribution < 1.29 is 18.0 Å². The average Bonchev–Trinajstić information content (AvgIpc) is 2.45. The second kappa shape index (κ2) is 8.33. The molecule has 5 heteroatoms. The van der Waals surface area contributed by atoms with Crippen LogP contribution in [0.15, 0.2) is 24.3 Å². The number of benzene rings is 1. The third-order valence-electron chi connectivity index (χ3n) is 4.82. The van der Waals surface area contributed by atoms with Crippen LogP contribution in [0.25, 0.3) is 0 Å². The summed E-state index contributed by atoms with van der Waals surface area (Å²) in [5.74, 6) is 0. The van der Waals surface area contributed by atoms with E-state index in [0.29, 0.717) is 11.1 Å². The molecule has 0 atom stereocenters. The van der Waals surface area contributed by atoms with Gasteiger partial charge in [0.2, 0.25) is 0 Å². The summed E-state index contributed by atoms with van der Waals surface area (Å²) in [5, 5.41) is 0. The van der Waals surface area contributed by atoms with Crippen molar-refractivity contribution in [2.45, 2.75) is 76.7 Å². The first-order valence-corrected chi connectivity index (χ1v) is 10.8. The summed E-state index contributed by atoms with van der Waals surface area (Å²) in [6, 6.07) is 6.35. The molecule has 0 aliphatic heterocycles. The molecule has 0 aromatic heterocycles. The van der Waals surface area contributed by atoms with Gasteiger partial charge < -0.3 is 4.80 Å². The molecule has 0 bridgehead atoms. The first-order chi connectivity index (χ1) is 10.6. The summed E-state index contributed by atoms with van der Waals surface area (Å²) in [7, 11) is -2.19. The highest BCUT2D eigenvalue weighted by atomic mass is 28.4. The van der Waals surface area contributed by atoms with Crippen LogP contribution in [0.3, 0.4) is 0 Å². The molecule has 0 radical (unpaired) electrons. The molecule has 0 aliphatic carbocycles. The highest BCUT2D eigenvalue weighted by Gasteiger charge is 2.37. The van der Waals surface area contributed by atoms with Gasteiger partial charge in [-0.3, -0.25) is 0 Å². The van der Waals surface area contributed by atoms with Crippen LogP contribution >= 0.6 is 0 Å². The standard InChI is InChI=1S/C18H29F3OSi/c1-14(2)23(22,15(3)4)13-7-5-6-8-16-9-11-17(12-10-16)18(19,20)21/h9-12,14-15,22H,5-8,13H2,1-4H3. The number of alkyl halides is 3. The van der Waals surface area contributed by atoms with E-state index in [1.807, 2.05) is 0 Å². The van der Waals surface area contributed by atoms with Gasteiger partial charge in [0.25, 0.3) is 0 Å². The molecule has 0 spiro atoms. The van der Waals surface area contributed by atoms with Crippen molar-refractivity contribution in [3.63, 3.8) is 0 Å². The predicted molar refractivity (Wildman–Crippen MR) is 92.0 cm³/mol. The quantitative estimate of drug-likeness (QED) is 0.440. The van der Waals surface area contributed by atoms with E-state index >= 15 is 0 Å². The highest BCUT2D eigenvalue weighted by molar-refractivity contribution is 6.75. The summed E-state index contributed by atoms with van der Waals surface area (Å²) in [6.07, 6.45) is -0.510. The zero-order chi connectivity index (χ0) is 17.7. The Bertz CT molecular complexity index is 458. The molecule has 1 nitrogen and oxygen atoms in total. The third-order valence-corrected chi connectivity index (χ3v) is 9.98. The van der Waals surface area contributed by atoms with Gasteiger partial charge in [-0.15, -0.1) is 0 Å². The minimum Gasteiger partial charge on any atom is -0.431 e. The van der Waals surface area contributed by atoms with Crippen LogP contribution in [0.5, 0.6) is 0 Å². The van der Waals surface area contributed by atoms with Crippen molar-refractivity contribution in [3.05, 3.63) is 35.4 Å². The molecular formula is C18H29F3OSi. The normalized spacial score (nSPS) is 13.1. The first-order valence-electron chi connectivity index (χ1n) is 8.46. The van der Waals surface area contributed by atoms with E-state index in [1.54, 1.807) is 12.1 Å². The van der Waals surface area contributed by atoms with Crippen molar-refractivity contribution >= 4 is 8.32 Å². The lowest BCUT2D eigenvalue weighted by Crippen LogP contribution is -2.41. The minimum absolute atomic E-state index is 0.359. The third kappa shape index (κ3) is 5.96. The van der Waals surface area contributed by atoms with Crippen LogP contribution in [0, 0.1) is 0 Å². The summed E-state index contributed by atoms with van der Waals surface area (Å²) in [5.41, 5.74) is 1.07. The summed E-state index contributed by atoms with van der Waals surface area (Å²) >= 11 is 0. The zero-order valence-corrected chi connectivity index (χ0v) is 15.6. The van der Waals surface area contributed by atoms with E-state index in [4.69, 9.17) is 0 Å². The number of rotatable bonds is 8. The van der Waals surface area contributed by atoms with Crippen LogP contribution < -0.4 is 0 Å². The Hall–Kier alpha value is -0.813. The van der Waals surface area contributed by atoms with Crippen LogP contribution in [0.4, 0.5) is 13.2 Å². The molecule has 0 saturated carbocycles. The molecule has 0 amide bonds. The van der Waals surface area contributed by atoms with Gasteiger partial charge in [0.1, 0.15) is 0 Å². The molecule has 1 rings (SSSR count). The molecule has 0 unspecified atom stereocenters. The molecule has 0 fully saturated rings. The van der Waals surface area contributed by atoms with Crippen molar-refractivity contribution in [2.24, 2.45) is 0 Å². The topological polar surface area (TPSA) is 20.2 Å². The molecular weight excluding hydrogens is 317 g/mol. The second-order valence-electron chi connectivity index (χ2n) is 7.06. The summed E-state index contributed by atoms with van der Waals surface area (Å²) < 4.78 is 37.5. The van der Waals surface area contributed by atoms with Crippen molar-refractivity contribution in [1.29, 1.82) is 0 Å². The molecule has 132 valence electrons. The Kier molecular flexibility index (Phi) is 7.33. The maximum Gasteiger partial charge on any atom is 0.416 e. The molecule has 0 heterocycles. The van der Waals surface area contributed by atoms with Crippen LogP contribution in [-0.2, 0) is 12.6 Å². The van der Waals surface area contributed by atoms with E-state index in [9.17, 15) is 18.0 Å². The first kappa shape index (κ1) is 20.2. The Balaban J connectivity index is 2.38. The molecule has 0 saturated heterocycles. The van der Waals surface area contributed by atoms with Gasteiger partial charge in [0.05, 0.1) is 5.56 Å². The smallest absolute Gasteiger partial charge is 0.416 e. The number of hydrogen-bond acceptors (Lipinski definition) is 1. The van der Waals surface area contributed by atoms with Gasteiger partial charge in [-0.1, -0.05) is 52.7 Å². The van der Waals surface area contributed by atoms with Crippen molar-refractivity contribution in [3.8, 4) is 0 Å². The Morgan fingerprint density at radius 1 is 0.913 bits per heavy atom. The monoisotopic (exact) mass is 346 g/mol. The highest BCUT2D eigenvalue weighted by Crippen LogP contribution is 2.35. The van der Waals surface area contributed by atoms with Gasteiger partial charge >= 0.3 is 6.18 Å². The average molecular weight is 347 g/mol. The Labute approximate surface area is 139 Å². The van der Waals surface area contributed by atoms with E-state index in [2.05, 4.69) is 27.7 Å². The van der Waals surface area contributed by atoms with E-state index in [-0.39, 0.29) is 0 Å². The lowest BCUT2D eigenvalue weighted by molar-refractivity contribution is -0.137. The lowest BCUT2D eigenvalue weighted by Gasteiger charge is -2.33. The van der Waals surface area contributed by atoms with Gasteiger partial charge in [-0.25, -0.2) is 0 Å². The maximum atomic E-state index is 12.5. The van der Waals surface area contributed by atoms with E-state index in [1.165, 1.54) is 0 Å². The largest absolute Gasteiger partial charge is 0.431 e. The van der Waals surface area contributed by atoms with Gasteiger partial charge in [-0.05, 0) is 47.7 Å². The van der Waals surface area contributed by atoms with E-state index in [0.717, 1.165) is 49.4 Å².